The summed E-state index contributed by atoms with van der Waals surface area (Å²) in [6.07, 6.45) is 0.558. The standard InChI is InChI=1S/C18H23NO2/c1-18(2,3)16(10-11-20)19-17(21)15-9-8-13-6-4-5-7-14(13)12-15/h4-9,12,16,20H,10-11H2,1-3H3,(H,19,21). The van der Waals surface area contributed by atoms with Gasteiger partial charge in [0.1, 0.15) is 0 Å². The fraction of sp³-hybridized carbons (Fsp3) is 0.389. The van der Waals surface area contributed by atoms with Crippen molar-refractivity contribution in [3.63, 3.8) is 0 Å². The average Bonchev–Trinajstić information content (AvgIpc) is 2.45. The predicted octanol–water partition coefficient (Wildman–Crippen LogP) is 3.37. The van der Waals surface area contributed by atoms with E-state index in [4.69, 9.17) is 0 Å². The molecule has 2 N–H and O–H groups in total. The Morgan fingerprint density at radius 2 is 1.81 bits per heavy atom. The minimum atomic E-state index is -0.0888. The molecule has 1 unspecified atom stereocenters. The molecule has 112 valence electrons. The maximum atomic E-state index is 12.4. The molecule has 0 saturated carbocycles. The van der Waals surface area contributed by atoms with E-state index < -0.39 is 0 Å². The molecule has 0 saturated heterocycles. The first kappa shape index (κ1) is 15.5. The number of benzene rings is 2. The molecule has 3 heteroatoms. The molecule has 0 heterocycles. The summed E-state index contributed by atoms with van der Waals surface area (Å²) in [5.74, 6) is -0.0888. The first-order chi connectivity index (χ1) is 9.91. The highest BCUT2D eigenvalue weighted by molar-refractivity contribution is 5.98. The molecule has 3 nitrogen and oxygen atoms in total. The van der Waals surface area contributed by atoms with E-state index in [1.165, 1.54) is 0 Å². The van der Waals surface area contributed by atoms with Gasteiger partial charge in [0.25, 0.3) is 5.91 Å². The normalized spacial score (nSPS) is 13.1. The Morgan fingerprint density at radius 1 is 1.14 bits per heavy atom. The summed E-state index contributed by atoms with van der Waals surface area (Å²) in [5.41, 5.74) is 0.566. The number of hydrogen-bond donors (Lipinski definition) is 2. The van der Waals surface area contributed by atoms with Crippen LogP contribution in [0.2, 0.25) is 0 Å². The zero-order valence-corrected chi connectivity index (χ0v) is 12.9. The number of carbonyl (C=O) groups is 1. The highest BCUT2D eigenvalue weighted by Crippen LogP contribution is 2.22. The number of carbonyl (C=O) groups excluding carboxylic acids is 1. The number of aliphatic hydroxyl groups is 1. The van der Waals surface area contributed by atoms with E-state index in [-0.39, 0.29) is 24.0 Å². The Hall–Kier alpha value is -1.87. The van der Waals surface area contributed by atoms with E-state index in [1.807, 2.05) is 42.5 Å². The van der Waals surface area contributed by atoms with Crippen LogP contribution in [-0.4, -0.2) is 23.7 Å². The SMILES string of the molecule is CC(C)(C)C(CCO)NC(=O)c1ccc2ccccc2c1. The summed E-state index contributed by atoms with van der Waals surface area (Å²) in [6, 6.07) is 13.6. The zero-order chi connectivity index (χ0) is 15.5. The van der Waals surface area contributed by atoms with E-state index in [1.54, 1.807) is 0 Å². The molecule has 2 aromatic carbocycles. The van der Waals surface area contributed by atoms with Crippen LogP contribution in [0.15, 0.2) is 42.5 Å². The molecule has 0 bridgehead atoms. The molecule has 0 fully saturated rings. The van der Waals surface area contributed by atoms with E-state index >= 15 is 0 Å². The van der Waals surface area contributed by atoms with Crippen LogP contribution in [0.3, 0.4) is 0 Å². The van der Waals surface area contributed by atoms with E-state index in [0.717, 1.165) is 10.8 Å². The predicted molar refractivity (Wildman–Crippen MR) is 86.4 cm³/mol. The van der Waals surface area contributed by atoms with Crippen LogP contribution in [0, 0.1) is 5.41 Å². The Kier molecular flexibility index (Phi) is 4.63. The van der Waals surface area contributed by atoms with Crippen LogP contribution in [0.4, 0.5) is 0 Å². The molecule has 1 atom stereocenters. The molecule has 2 aromatic rings. The third kappa shape index (κ3) is 3.82. The average molecular weight is 285 g/mol. The first-order valence-electron chi connectivity index (χ1n) is 7.32. The van der Waals surface area contributed by atoms with Crippen molar-refractivity contribution in [3.8, 4) is 0 Å². The molecule has 0 aliphatic heterocycles. The third-order valence-electron chi connectivity index (χ3n) is 3.78. The van der Waals surface area contributed by atoms with Crippen LogP contribution in [0.25, 0.3) is 10.8 Å². The Morgan fingerprint density at radius 3 is 2.43 bits per heavy atom. The van der Waals surface area contributed by atoms with E-state index in [9.17, 15) is 9.90 Å². The maximum absolute atomic E-state index is 12.4. The molecular formula is C18H23NO2. The molecule has 0 aliphatic rings. The van der Waals surface area contributed by atoms with Gasteiger partial charge in [0.05, 0.1) is 0 Å². The van der Waals surface area contributed by atoms with E-state index in [2.05, 4.69) is 26.1 Å². The summed E-state index contributed by atoms with van der Waals surface area (Å²) in [7, 11) is 0. The topological polar surface area (TPSA) is 49.3 Å². The fourth-order valence-corrected chi connectivity index (χ4v) is 2.42. The third-order valence-corrected chi connectivity index (χ3v) is 3.78. The smallest absolute Gasteiger partial charge is 0.251 e. The number of amides is 1. The molecule has 2 rings (SSSR count). The second kappa shape index (κ2) is 6.27. The van der Waals surface area contributed by atoms with Crippen molar-refractivity contribution in [1.29, 1.82) is 0 Å². The minimum absolute atomic E-state index is 0.0542. The van der Waals surface area contributed by atoms with Crippen LogP contribution >= 0.6 is 0 Å². The van der Waals surface area contributed by atoms with Gasteiger partial charge in [-0.25, -0.2) is 0 Å². The van der Waals surface area contributed by atoms with Crippen molar-refractivity contribution in [2.75, 3.05) is 6.61 Å². The number of rotatable bonds is 4. The monoisotopic (exact) mass is 285 g/mol. The summed E-state index contributed by atoms with van der Waals surface area (Å²) in [5, 5.41) is 14.4. The molecule has 0 radical (unpaired) electrons. The van der Waals surface area contributed by atoms with Gasteiger partial charge in [-0.3, -0.25) is 4.79 Å². The van der Waals surface area contributed by atoms with Crippen molar-refractivity contribution < 1.29 is 9.90 Å². The summed E-state index contributed by atoms with van der Waals surface area (Å²) in [6.45, 7) is 6.26. The van der Waals surface area contributed by atoms with Crippen molar-refractivity contribution in [1.82, 2.24) is 5.32 Å². The molecule has 1 amide bonds. The van der Waals surface area contributed by atoms with Crippen LogP contribution in [0.5, 0.6) is 0 Å². The highest BCUT2D eigenvalue weighted by atomic mass is 16.3. The van der Waals surface area contributed by atoms with Crippen LogP contribution in [-0.2, 0) is 0 Å². The van der Waals surface area contributed by atoms with Crippen molar-refractivity contribution in [2.24, 2.45) is 5.41 Å². The van der Waals surface area contributed by atoms with Crippen LogP contribution in [0.1, 0.15) is 37.6 Å². The lowest BCUT2D eigenvalue weighted by Crippen LogP contribution is -2.44. The fourth-order valence-electron chi connectivity index (χ4n) is 2.42. The lowest BCUT2D eigenvalue weighted by atomic mass is 9.84. The largest absolute Gasteiger partial charge is 0.396 e. The second-order valence-corrected chi connectivity index (χ2v) is 6.47. The lowest BCUT2D eigenvalue weighted by Gasteiger charge is -2.31. The zero-order valence-electron chi connectivity index (χ0n) is 12.9. The molecule has 0 spiro atoms. The molecule has 0 aliphatic carbocycles. The maximum Gasteiger partial charge on any atom is 0.251 e. The Balaban J connectivity index is 2.21. The summed E-state index contributed by atoms with van der Waals surface area (Å²) >= 11 is 0. The number of fused-ring (bicyclic) bond motifs is 1. The van der Waals surface area contributed by atoms with E-state index in [0.29, 0.717) is 12.0 Å². The number of aliphatic hydroxyl groups excluding tert-OH is 1. The Labute approximate surface area is 126 Å². The van der Waals surface area contributed by atoms with Gasteiger partial charge < -0.3 is 10.4 Å². The van der Waals surface area contributed by atoms with Gasteiger partial charge in [-0.1, -0.05) is 51.1 Å². The second-order valence-electron chi connectivity index (χ2n) is 6.47. The van der Waals surface area contributed by atoms with Crippen molar-refractivity contribution in [3.05, 3.63) is 48.0 Å². The van der Waals surface area contributed by atoms with Gasteiger partial charge in [-0.2, -0.15) is 0 Å². The highest BCUT2D eigenvalue weighted by Gasteiger charge is 2.26. The Bertz CT molecular complexity index is 628. The van der Waals surface area contributed by atoms with Gasteiger partial charge in [-0.05, 0) is 34.7 Å². The van der Waals surface area contributed by atoms with Crippen molar-refractivity contribution >= 4 is 16.7 Å². The lowest BCUT2D eigenvalue weighted by molar-refractivity contribution is 0.0885. The quantitative estimate of drug-likeness (QED) is 0.905. The van der Waals surface area contributed by atoms with Gasteiger partial charge in [0.2, 0.25) is 0 Å². The number of hydrogen-bond acceptors (Lipinski definition) is 2. The van der Waals surface area contributed by atoms with Gasteiger partial charge in [0.15, 0.2) is 0 Å². The summed E-state index contributed by atoms with van der Waals surface area (Å²) in [4.78, 5) is 12.4. The summed E-state index contributed by atoms with van der Waals surface area (Å²) < 4.78 is 0. The van der Waals surface area contributed by atoms with Gasteiger partial charge in [0, 0.05) is 18.2 Å². The van der Waals surface area contributed by atoms with Gasteiger partial charge in [-0.15, -0.1) is 0 Å². The first-order valence-corrected chi connectivity index (χ1v) is 7.32. The van der Waals surface area contributed by atoms with Crippen molar-refractivity contribution in [2.45, 2.75) is 33.2 Å². The molecule has 0 aromatic heterocycles. The molecule has 21 heavy (non-hydrogen) atoms. The molecular weight excluding hydrogens is 262 g/mol. The van der Waals surface area contributed by atoms with Gasteiger partial charge >= 0.3 is 0 Å². The van der Waals surface area contributed by atoms with Crippen LogP contribution < -0.4 is 5.32 Å². The minimum Gasteiger partial charge on any atom is -0.396 e. The number of nitrogens with one attached hydrogen (secondary N) is 1.